The summed E-state index contributed by atoms with van der Waals surface area (Å²) in [5.74, 6) is 0.966. The van der Waals surface area contributed by atoms with E-state index in [1.54, 1.807) is 16.8 Å². The summed E-state index contributed by atoms with van der Waals surface area (Å²) in [4.78, 5) is 18.3. The average Bonchev–Trinajstić information content (AvgIpc) is 3.31. The number of carbonyl (C=O) groups excluding carboxylic acids is 1. The lowest BCUT2D eigenvalue weighted by Gasteiger charge is -2.30. The minimum absolute atomic E-state index is 0.0756. The fraction of sp³-hybridized carbons (Fsp3) is 0.393. The second-order valence-electron chi connectivity index (χ2n) is 9.25. The van der Waals surface area contributed by atoms with Crippen LogP contribution in [0.3, 0.4) is 0 Å². The van der Waals surface area contributed by atoms with Crippen LogP contribution in [0.5, 0.6) is 5.75 Å². The van der Waals surface area contributed by atoms with Gasteiger partial charge in [0.05, 0.1) is 12.2 Å². The van der Waals surface area contributed by atoms with Crippen LogP contribution in [-0.2, 0) is 15.3 Å². The van der Waals surface area contributed by atoms with Crippen molar-refractivity contribution < 1.29 is 18.7 Å². The lowest BCUT2D eigenvalue weighted by atomic mass is 9.94. The van der Waals surface area contributed by atoms with Gasteiger partial charge >= 0.3 is 5.97 Å². The molecule has 9 heteroatoms. The Bertz CT molecular complexity index is 1300. The highest BCUT2D eigenvalue weighted by molar-refractivity contribution is 7.98. The first-order chi connectivity index (χ1) is 18.0. The summed E-state index contributed by atoms with van der Waals surface area (Å²) < 4.78 is 27.8. The van der Waals surface area contributed by atoms with Crippen LogP contribution in [0.4, 0.5) is 10.3 Å². The van der Waals surface area contributed by atoms with E-state index in [2.05, 4.69) is 10.3 Å². The molecule has 0 bridgehead atoms. The van der Waals surface area contributed by atoms with E-state index >= 15 is 0 Å². The Morgan fingerprint density at radius 3 is 2.68 bits per heavy atom. The number of thioether (sulfide) groups is 1. The lowest BCUT2D eigenvalue weighted by molar-refractivity contribution is -0.146. The van der Waals surface area contributed by atoms with Crippen molar-refractivity contribution in [3.63, 3.8) is 0 Å². The van der Waals surface area contributed by atoms with Crippen LogP contribution in [0.25, 0.3) is 0 Å². The van der Waals surface area contributed by atoms with Crippen molar-refractivity contribution in [2.24, 2.45) is 0 Å². The number of aromatic nitrogens is 3. The van der Waals surface area contributed by atoms with Gasteiger partial charge in [0.1, 0.15) is 23.7 Å². The van der Waals surface area contributed by atoms with E-state index < -0.39 is 6.04 Å². The molecule has 0 amide bonds. The first-order valence-corrected chi connectivity index (χ1v) is 13.8. The number of anilines is 1. The van der Waals surface area contributed by atoms with Crippen LogP contribution in [0, 0.1) is 5.82 Å². The van der Waals surface area contributed by atoms with Gasteiger partial charge in [-0.1, -0.05) is 54.6 Å². The monoisotopic (exact) mass is 522 g/mol. The molecule has 0 radical (unpaired) electrons. The molecule has 0 spiro atoms. The molecule has 0 saturated heterocycles. The van der Waals surface area contributed by atoms with E-state index in [0.717, 1.165) is 31.2 Å². The van der Waals surface area contributed by atoms with Gasteiger partial charge in [0.2, 0.25) is 11.1 Å². The molecule has 37 heavy (non-hydrogen) atoms. The highest BCUT2D eigenvalue weighted by atomic mass is 32.2. The van der Waals surface area contributed by atoms with Crippen LogP contribution in [-0.4, -0.2) is 33.4 Å². The number of esters is 1. The molecule has 3 aromatic rings. The fourth-order valence-electron chi connectivity index (χ4n) is 4.89. The first-order valence-electron chi connectivity index (χ1n) is 12.8. The molecule has 194 valence electrons. The summed E-state index contributed by atoms with van der Waals surface area (Å²) in [7, 11) is 0. The van der Waals surface area contributed by atoms with Crippen LogP contribution in [0.15, 0.2) is 65.0 Å². The van der Waals surface area contributed by atoms with Crippen molar-refractivity contribution in [3.8, 4) is 5.75 Å². The number of hydrogen-bond donors (Lipinski definition) is 1. The maximum absolute atomic E-state index is 14.2. The van der Waals surface area contributed by atoms with E-state index in [0.29, 0.717) is 46.0 Å². The molecule has 5 rings (SSSR count). The van der Waals surface area contributed by atoms with Gasteiger partial charge in [-0.15, -0.1) is 5.10 Å². The third-order valence-corrected chi connectivity index (χ3v) is 7.59. The van der Waals surface area contributed by atoms with E-state index in [1.807, 2.05) is 44.2 Å². The molecule has 2 heterocycles. The zero-order chi connectivity index (χ0) is 25.8. The van der Waals surface area contributed by atoms with E-state index in [1.165, 1.54) is 24.2 Å². The molecule has 1 N–H and O–H groups in total. The predicted molar refractivity (Wildman–Crippen MR) is 141 cm³/mol. The van der Waals surface area contributed by atoms with Gasteiger partial charge in [0.25, 0.3) is 0 Å². The number of nitrogens with one attached hydrogen (secondary N) is 1. The van der Waals surface area contributed by atoms with Crippen molar-refractivity contribution in [1.82, 2.24) is 14.8 Å². The number of allylic oxidation sites excluding steroid dienone is 1. The van der Waals surface area contributed by atoms with Crippen molar-refractivity contribution >= 4 is 23.7 Å². The molecule has 1 fully saturated rings. The van der Waals surface area contributed by atoms with Gasteiger partial charge in [0.15, 0.2) is 0 Å². The SMILES string of the molecule is CCOc1ccccc1C1C(C(=O)OC2CCCCC2)=C(C)Nc2nc(SCc3ccccc3F)nn21. The Labute approximate surface area is 220 Å². The van der Waals surface area contributed by atoms with E-state index in [4.69, 9.17) is 14.6 Å². The third-order valence-electron chi connectivity index (χ3n) is 6.71. The van der Waals surface area contributed by atoms with Gasteiger partial charge in [0, 0.05) is 17.0 Å². The second-order valence-corrected chi connectivity index (χ2v) is 10.2. The lowest BCUT2D eigenvalue weighted by Crippen LogP contribution is -2.32. The summed E-state index contributed by atoms with van der Waals surface area (Å²) >= 11 is 1.34. The Morgan fingerprint density at radius 1 is 1.14 bits per heavy atom. The number of halogens is 1. The molecule has 1 aromatic heterocycles. The second kappa shape index (κ2) is 11.4. The maximum Gasteiger partial charge on any atom is 0.338 e. The molecule has 1 atom stereocenters. The summed E-state index contributed by atoms with van der Waals surface area (Å²) in [5, 5.41) is 8.49. The summed E-state index contributed by atoms with van der Waals surface area (Å²) in [6.45, 7) is 4.27. The van der Waals surface area contributed by atoms with Gasteiger partial charge < -0.3 is 14.8 Å². The van der Waals surface area contributed by atoms with Crippen LogP contribution < -0.4 is 10.1 Å². The highest BCUT2D eigenvalue weighted by Crippen LogP contribution is 2.41. The van der Waals surface area contributed by atoms with Crippen molar-refractivity contribution in [3.05, 3.63) is 76.7 Å². The largest absolute Gasteiger partial charge is 0.494 e. The number of carbonyl (C=O) groups is 1. The third kappa shape index (κ3) is 5.51. The number of para-hydroxylation sites is 1. The van der Waals surface area contributed by atoms with Gasteiger partial charge in [-0.05, 0) is 57.2 Å². The molecular weight excluding hydrogens is 491 g/mol. The predicted octanol–water partition coefficient (Wildman–Crippen LogP) is 6.27. The summed E-state index contributed by atoms with van der Waals surface area (Å²) in [6, 6.07) is 13.8. The Morgan fingerprint density at radius 2 is 1.89 bits per heavy atom. The molecule has 1 aliphatic carbocycles. The standard InChI is InChI=1S/C28H31FN4O3S/c1-3-35-23-16-10-8-14-21(23)25-24(26(34)36-20-12-5-4-6-13-20)18(2)30-27-31-28(32-33(25)27)37-17-19-11-7-9-15-22(19)29/h7-11,14-16,20,25H,3-6,12-13,17H2,1-2H3,(H,30,31,32). The van der Waals surface area contributed by atoms with Gasteiger partial charge in [-0.3, -0.25) is 0 Å². The Hall–Kier alpha value is -3.33. The van der Waals surface area contributed by atoms with E-state index in [-0.39, 0.29) is 17.9 Å². The normalized spacial score (nSPS) is 17.8. The quantitative estimate of drug-likeness (QED) is 0.276. The molecule has 1 aliphatic heterocycles. The van der Waals surface area contributed by atoms with Gasteiger partial charge in [-0.25, -0.2) is 13.9 Å². The Balaban J connectivity index is 1.50. The Kier molecular flexibility index (Phi) is 7.79. The fourth-order valence-corrected chi connectivity index (χ4v) is 5.71. The molecule has 1 saturated carbocycles. The smallest absolute Gasteiger partial charge is 0.338 e. The maximum atomic E-state index is 14.2. The van der Waals surface area contributed by atoms with Crippen molar-refractivity contribution in [2.45, 2.75) is 69.0 Å². The van der Waals surface area contributed by atoms with Gasteiger partial charge in [-0.2, -0.15) is 4.98 Å². The number of benzene rings is 2. The van der Waals surface area contributed by atoms with Crippen molar-refractivity contribution in [2.75, 3.05) is 11.9 Å². The number of hydrogen-bond acceptors (Lipinski definition) is 7. The molecule has 2 aromatic carbocycles. The molecule has 2 aliphatic rings. The molecular formula is C28H31FN4O3S. The molecule has 1 unspecified atom stereocenters. The average molecular weight is 523 g/mol. The first kappa shape index (κ1) is 25.3. The summed E-state index contributed by atoms with van der Waals surface area (Å²) in [5.41, 5.74) is 2.54. The molecule has 7 nitrogen and oxygen atoms in total. The highest BCUT2D eigenvalue weighted by Gasteiger charge is 2.37. The number of fused-ring (bicyclic) bond motifs is 1. The zero-order valence-corrected chi connectivity index (χ0v) is 21.9. The van der Waals surface area contributed by atoms with E-state index in [9.17, 15) is 9.18 Å². The number of ether oxygens (including phenoxy) is 2. The minimum atomic E-state index is -0.578. The topological polar surface area (TPSA) is 78.3 Å². The van der Waals surface area contributed by atoms with Crippen LogP contribution >= 0.6 is 11.8 Å². The van der Waals surface area contributed by atoms with Crippen LogP contribution in [0.1, 0.15) is 63.1 Å². The minimum Gasteiger partial charge on any atom is -0.494 e. The number of rotatable bonds is 8. The van der Waals surface area contributed by atoms with Crippen LogP contribution in [0.2, 0.25) is 0 Å². The van der Waals surface area contributed by atoms with Crippen molar-refractivity contribution in [1.29, 1.82) is 0 Å². The zero-order valence-electron chi connectivity index (χ0n) is 21.1. The summed E-state index contributed by atoms with van der Waals surface area (Å²) in [6.07, 6.45) is 5.01. The number of nitrogens with zero attached hydrogens (tertiary/aromatic N) is 3.